The lowest BCUT2D eigenvalue weighted by atomic mass is 10.2. The van der Waals surface area contributed by atoms with Crippen molar-refractivity contribution in [3.05, 3.63) is 42.1 Å². The number of benzene rings is 1. The Morgan fingerprint density at radius 2 is 1.95 bits per heavy atom. The molecule has 0 aliphatic heterocycles. The molecule has 1 N–H and O–H groups in total. The summed E-state index contributed by atoms with van der Waals surface area (Å²) >= 11 is 0. The number of hydrogen-bond acceptors (Lipinski definition) is 5. The Morgan fingerprint density at radius 3 is 2.63 bits per heavy atom. The predicted octanol–water partition coefficient (Wildman–Crippen LogP) is 2.33. The van der Waals surface area contributed by atoms with Crippen molar-refractivity contribution in [1.29, 1.82) is 0 Å². The molecule has 0 saturated heterocycles. The van der Waals surface area contributed by atoms with Crippen molar-refractivity contribution in [2.75, 3.05) is 17.3 Å². The lowest BCUT2D eigenvalue weighted by Crippen LogP contribution is -2.21. The van der Waals surface area contributed by atoms with E-state index in [0.29, 0.717) is 12.0 Å². The van der Waals surface area contributed by atoms with Crippen molar-refractivity contribution in [2.45, 2.75) is 26.4 Å². The molecule has 0 radical (unpaired) electrons. The topological polar surface area (TPSA) is 53.9 Å². The largest absolute Gasteiger partial charge is 0.366 e. The van der Waals surface area contributed by atoms with Crippen LogP contribution in [0, 0.1) is 0 Å². The van der Waals surface area contributed by atoms with Crippen LogP contribution in [0.15, 0.2) is 36.5 Å². The standard InChI is InChI=1S/C14H19N5/c1-11(2)16-13-9-15-18-14(17-13)19(3)10-12-7-5-4-6-8-12/h4-9,11H,10H2,1-3H3,(H,16,17,18). The van der Waals surface area contributed by atoms with E-state index in [1.807, 2.05) is 30.1 Å². The van der Waals surface area contributed by atoms with Gasteiger partial charge < -0.3 is 10.2 Å². The van der Waals surface area contributed by atoms with E-state index in [0.717, 1.165) is 12.4 Å². The number of aromatic nitrogens is 3. The van der Waals surface area contributed by atoms with Gasteiger partial charge in [-0.2, -0.15) is 10.1 Å². The first-order valence-corrected chi connectivity index (χ1v) is 6.36. The maximum absolute atomic E-state index is 4.45. The minimum atomic E-state index is 0.323. The van der Waals surface area contributed by atoms with Gasteiger partial charge in [0, 0.05) is 19.6 Å². The van der Waals surface area contributed by atoms with Gasteiger partial charge in [0.25, 0.3) is 0 Å². The van der Waals surface area contributed by atoms with E-state index in [2.05, 4.69) is 46.5 Å². The second kappa shape index (κ2) is 6.13. The molecule has 1 heterocycles. The highest BCUT2D eigenvalue weighted by atomic mass is 15.3. The summed E-state index contributed by atoms with van der Waals surface area (Å²) in [6.45, 7) is 4.89. The first-order chi connectivity index (χ1) is 9.15. The number of anilines is 2. The molecule has 0 fully saturated rings. The average Bonchev–Trinajstić information content (AvgIpc) is 2.39. The zero-order valence-corrected chi connectivity index (χ0v) is 11.5. The summed E-state index contributed by atoms with van der Waals surface area (Å²) in [5.74, 6) is 1.37. The Bertz CT molecular complexity index is 512. The van der Waals surface area contributed by atoms with E-state index < -0.39 is 0 Å². The molecule has 1 aromatic carbocycles. The fraction of sp³-hybridized carbons (Fsp3) is 0.357. The van der Waals surface area contributed by atoms with Crippen LogP contribution in [0.3, 0.4) is 0 Å². The van der Waals surface area contributed by atoms with E-state index in [1.165, 1.54) is 5.56 Å². The Balaban J connectivity index is 2.08. The van der Waals surface area contributed by atoms with E-state index >= 15 is 0 Å². The SMILES string of the molecule is CC(C)Nc1cnnc(N(C)Cc2ccccc2)n1. The van der Waals surface area contributed by atoms with Gasteiger partial charge in [-0.1, -0.05) is 30.3 Å². The second-order valence-corrected chi connectivity index (χ2v) is 4.78. The van der Waals surface area contributed by atoms with Gasteiger partial charge >= 0.3 is 0 Å². The van der Waals surface area contributed by atoms with Gasteiger partial charge in [-0.05, 0) is 19.4 Å². The maximum atomic E-state index is 4.45. The van der Waals surface area contributed by atoms with Crippen LogP contribution in [-0.2, 0) is 6.54 Å². The Morgan fingerprint density at radius 1 is 1.21 bits per heavy atom. The van der Waals surface area contributed by atoms with Gasteiger partial charge in [0.05, 0.1) is 6.20 Å². The van der Waals surface area contributed by atoms with Crippen LogP contribution in [0.1, 0.15) is 19.4 Å². The van der Waals surface area contributed by atoms with Gasteiger partial charge in [-0.25, -0.2) is 0 Å². The third kappa shape index (κ3) is 3.91. The van der Waals surface area contributed by atoms with Crippen molar-refractivity contribution in [2.24, 2.45) is 0 Å². The van der Waals surface area contributed by atoms with Crippen LogP contribution in [-0.4, -0.2) is 28.3 Å². The van der Waals surface area contributed by atoms with Crippen molar-refractivity contribution >= 4 is 11.8 Å². The zero-order chi connectivity index (χ0) is 13.7. The average molecular weight is 257 g/mol. The Labute approximate surface area is 113 Å². The number of hydrogen-bond donors (Lipinski definition) is 1. The van der Waals surface area contributed by atoms with Gasteiger partial charge in [-0.3, -0.25) is 0 Å². The summed E-state index contributed by atoms with van der Waals surface area (Å²) in [6.07, 6.45) is 1.64. The fourth-order valence-corrected chi connectivity index (χ4v) is 1.75. The van der Waals surface area contributed by atoms with Crippen molar-refractivity contribution < 1.29 is 0 Å². The molecule has 0 saturated carbocycles. The summed E-state index contributed by atoms with van der Waals surface area (Å²) in [5, 5.41) is 11.3. The quantitative estimate of drug-likeness (QED) is 0.891. The molecule has 1 aromatic heterocycles. The van der Waals surface area contributed by atoms with Gasteiger partial charge in [0.2, 0.25) is 5.95 Å². The van der Waals surface area contributed by atoms with Crippen molar-refractivity contribution in [3.8, 4) is 0 Å². The molecular weight excluding hydrogens is 238 g/mol. The molecular formula is C14H19N5. The highest BCUT2D eigenvalue weighted by molar-refractivity contribution is 5.39. The van der Waals surface area contributed by atoms with E-state index in [-0.39, 0.29) is 0 Å². The van der Waals surface area contributed by atoms with Crippen LogP contribution in [0.25, 0.3) is 0 Å². The second-order valence-electron chi connectivity index (χ2n) is 4.78. The minimum absolute atomic E-state index is 0.323. The van der Waals surface area contributed by atoms with Crippen molar-refractivity contribution in [3.63, 3.8) is 0 Å². The summed E-state index contributed by atoms with van der Waals surface area (Å²) in [5.41, 5.74) is 1.22. The summed E-state index contributed by atoms with van der Waals surface area (Å²) in [6, 6.07) is 10.6. The van der Waals surface area contributed by atoms with Crippen LogP contribution < -0.4 is 10.2 Å². The number of nitrogens with zero attached hydrogens (tertiary/aromatic N) is 4. The first kappa shape index (κ1) is 13.3. The van der Waals surface area contributed by atoms with Gasteiger partial charge in [0.1, 0.15) is 0 Å². The van der Waals surface area contributed by atoms with Crippen LogP contribution in [0.4, 0.5) is 11.8 Å². The molecule has 2 rings (SSSR count). The molecule has 100 valence electrons. The highest BCUT2D eigenvalue weighted by Gasteiger charge is 2.07. The highest BCUT2D eigenvalue weighted by Crippen LogP contribution is 2.11. The molecule has 0 aliphatic rings. The molecule has 0 unspecified atom stereocenters. The monoisotopic (exact) mass is 257 g/mol. The number of rotatable bonds is 5. The normalized spacial score (nSPS) is 10.5. The van der Waals surface area contributed by atoms with E-state index in [1.54, 1.807) is 6.20 Å². The molecule has 0 atom stereocenters. The third-order valence-corrected chi connectivity index (χ3v) is 2.59. The smallest absolute Gasteiger partial charge is 0.247 e. The molecule has 5 nitrogen and oxygen atoms in total. The number of nitrogens with one attached hydrogen (secondary N) is 1. The third-order valence-electron chi connectivity index (χ3n) is 2.59. The minimum Gasteiger partial charge on any atom is -0.366 e. The molecule has 0 spiro atoms. The Kier molecular flexibility index (Phi) is 4.28. The maximum Gasteiger partial charge on any atom is 0.247 e. The predicted molar refractivity (Wildman–Crippen MR) is 77.1 cm³/mol. The molecule has 0 aliphatic carbocycles. The van der Waals surface area contributed by atoms with Crippen LogP contribution >= 0.6 is 0 Å². The van der Waals surface area contributed by atoms with E-state index in [4.69, 9.17) is 0 Å². The van der Waals surface area contributed by atoms with Gasteiger partial charge in [0.15, 0.2) is 5.82 Å². The lowest BCUT2D eigenvalue weighted by molar-refractivity contribution is 0.817. The van der Waals surface area contributed by atoms with Crippen LogP contribution in [0.5, 0.6) is 0 Å². The fourth-order valence-electron chi connectivity index (χ4n) is 1.75. The molecule has 2 aromatic rings. The lowest BCUT2D eigenvalue weighted by Gasteiger charge is -2.17. The molecule has 19 heavy (non-hydrogen) atoms. The van der Waals surface area contributed by atoms with E-state index in [9.17, 15) is 0 Å². The molecule has 0 bridgehead atoms. The zero-order valence-electron chi connectivity index (χ0n) is 11.5. The molecule has 5 heteroatoms. The molecule has 0 amide bonds. The summed E-state index contributed by atoms with van der Waals surface area (Å²) in [4.78, 5) is 6.43. The van der Waals surface area contributed by atoms with Crippen molar-refractivity contribution in [1.82, 2.24) is 15.2 Å². The summed E-state index contributed by atoms with van der Waals surface area (Å²) < 4.78 is 0. The Hall–Kier alpha value is -2.17. The summed E-state index contributed by atoms with van der Waals surface area (Å²) in [7, 11) is 1.96. The van der Waals surface area contributed by atoms with Gasteiger partial charge in [-0.15, -0.1) is 5.10 Å². The van der Waals surface area contributed by atoms with Crippen LogP contribution in [0.2, 0.25) is 0 Å². The first-order valence-electron chi connectivity index (χ1n) is 6.36.